The van der Waals surface area contributed by atoms with Crippen LogP contribution in [0.1, 0.15) is 37.3 Å². The predicted octanol–water partition coefficient (Wildman–Crippen LogP) is 2.84. The lowest BCUT2D eigenvalue weighted by Crippen LogP contribution is -2.33. The van der Waals surface area contributed by atoms with Crippen LogP contribution in [0, 0.1) is 17.8 Å². The largest absolute Gasteiger partial charge is 0.480 e. The van der Waals surface area contributed by atoms with Gasteiger partial charge in [-0.2, -0.15) is 0 Å². The third kappa shape index (κ3) is 3.16. The van der Waals surface area contributed by atoms with Crippen molar-refractivity contribution in [2.75, 3.05) is 6.54 Å². The molecule has 0 radical (unpaired) electrons. The fraction of sp³-hybridized carbons (Fsp3) is 0.562. The molecule has 0 heterocycles. The molecule has 0 amide bonds. The average molecular weight is 259 g/mol. The van der Waals surface area contributed by atoms with Gasteiger partial charge in [-0.25, -0.2) is 0 Å². The summed E-state index contributed by atoms with van der Waals surface area (Å²) in [7, 11) is 0. The van der Waals surface area contributed by atoms with Gasteiger partial charge in [0.2, 0.25) is 0 Å². The van der Waals surface area contributed by atoms with E-state index in [0.717, 1.165) is 23.9 Å². The Hall–Kier alpha value is -1.35. The molecule has 1 aromatic carbocycles. The van der Waals surface area contributed by atoms with Crippen molar-refractivity contribution in [1.82, 2.24) is 5.32 Å². The van der Waals surface area contributed by atoms with E-state index < -0.39 is 12.0 Å². The Bertz CT molecular complexity index is 425. The summed E-state index contributed by atoms with van der Waals surface area (Å²) in [6.07, 6.45) is 5.36. The molecule has 0 bridgehead atoms. The summed E-state index contributed by atoms with van der Waals surface area (Å²) in [5.74, 6) is 1.62. The quantitative estimate of drug-likeness (QED) is 0.791. The second kappa shape index (κ2) is 5.33. The van der Waals surface area contributed by atoms with E-state index in [0.29, 0.717) is 5.92 Å². The van der Waals surface area contributed by atoms with Crippen molar-refractivity contribution < 1.29 is 9.90 Å². The Balaban J connectivity index is 1.63. The molecule has 2 saturated carbocycles. The van der Waals surface area contributed by atoms with Crippen molar-refractivity contribution in [3.63, 3.8) is 0 Å². The molecule has 19 heavy (non-hydrogen) atoms. The first-order valence-corrected chi connectivity index (χ1v) is 7.27. The molecule has 2 aliphatic carbocycles. The Morgan fingerprint density at radius 1 is 1.16 bits per heavy atom. The second-order valence-electron chi connectivity index (χ2n) is 5.93. The van der Waals surface area contributed by atoms with E-state index in [1.54, 1.807) is 0 Å². The number of benzene rings is 1. The van der Waals surface area contributed by atoms with Gasteiger partial charge >= 0.3 is 5.97 Å². The highest BCUT2D eigenvalue weighted by molar-refractivity contribution is 5.75. The minimum atomic E-state index is -0.781. The van der Waals surface area contributed by atoms with Gasteiger partial charge in [-0.3, -0.25) is 4.79 Å². The van der Waals surface area contributed by atoms with E-state index in [9.17, 15) is 9.90 Å². The Kier molecular flexibility index (Phi) is 3.56. The summed E-state index contributed by atoms with van der Waals surface area (Å²) < 4.78 is 0. The van der Waals surface area contributed by atoms with E-state index in [4.69, 9.17) is 0 Å². The van der Waals surface area contributed by atoms with E-state index >= 15 is 0 Å². The SMILES string of the molecule is O=C(O)C(NCC(C1CC1)C1CC1)c1ccccc1. The molecule has 2 N–H and O–H groups in total. The standard InChI is InChI=1S/C16H21NO2/c18-16(19)15(13-4-2-1-3-5-13)17-10-14(11-6-7-11)12-8-9-12/h1-5,11-12,14-15,17H,6-10H2,(H,18,19). The highest BCUT2D eigenvalue weighted by Crippen LogP contribution is 2.48. The van der Waals surface area contributed by atoms with Crippen LogP contribution in [-0.4, -0.2) is 17.6 Å². The average Bonchev–Trinajstić information content (AvgIpc) is 3.28. The molecule has 0 aliphatic heterocycles. The van der Waals surface area contributed by atoms with Crippen LogP contribution in [0.15, 0.2) is 30.3 Å². The van der Waals surface area contributed by atoms with Crippen LogP contribution in [0.3, 0.4) is 0 Å². The summed E-state index contributed by atoms with van der Waals surface area (Å²) in [6.45, 7) is 0.848. The summed E-state index contributed by atoms with van der Waals surface area (Å²) in [5.41, 5.74) is 0.848. The maximum atomic E-state index is 11.4. The third-order valence-electron chi connectivity index (χ3n) is 4.39. The molecule has 102 valence electrons. The highest BCUT2D eigenvalue weighted by atomic mass is 16.4. The summed E-state index contributed by atoms with van der Waals surface area (Å²) in [5, 5.41) is 12.7. The number of hydrogen-bond acceptors (Lipinski definition) is 2. The lowest BCUT2D eigenvalue weighted by molar-refractivity contribution is -0.139. The normalized spacial score (nSPS) is 20.5. The van der Waals surface area contributed by atoms with E-state index in [1.165, 1.54) is 25.7 Å². The Labute approximate surface area is 114 Å². The van der Waals surface area contributed by atoms with Gasteiger partial charge in [0.05, 0.1) is 0 Å². The first kappa shape index (κ1) is 12.7. The van der Waals surface area contributed by atoms with Gasteiger partial charge in [0.1, 0.15) is 6.04 Å². The van der Waals surface area contributed by atoms with E-state index in [2.05, 4.69) is 5.32 Å². The lowest BCUT2D eigenvalue weighted by atomic mass is 9.97. The molecule has 2 fully saturated rings. The smallest absolute Gasteiger partial charge is 0.325 e. The zero-order valence-electron chi connectivity index (χ0n) is 11.1. The molecule has 3 nitrogen and oxygen atoms in total. The van der Waals surface area contributed by atoms with Gasteiger partial charge in [-0.15, -0.1) is 0 Å². The first-order valence-electron chi connectivity index (χ1n) is 7.27. The van der Waals surface area contributed by atoms with Crippen LogP contribution in [0.2, 0.25) is 0 Å². The minimum Gasteiger partial charge on any atom is -0.480 e. The maximum Gasteiger partial charge on any atom is 0.325 e. The molecule has 3 rings (SSSR count). The topological polar surface area (TPSA) is 49.3 Å². The lowest BCUT2D eigenvalue weighted by Gasteiger charge is -2.20. The van der Waals surface area contributed by atoms with Gasteiger partial charge in [0.25, 0.3) is 0 Å². The third-order valence-corrected chi connectivity index (χ3v) is 4.39. The van der Waals surface area contributed by atoms with Gasteiger partial charge < -0.3 is 10.4 Å². The van der Waals surface area contributed by atoms with Gasteiger partial charge in [0, 0.05) is 0 Å². The molecule has 1 unspecified atom stereocenters. The summed E-state index contributed by atoms with van der Waals surface area (Å²) in [4.78, 5) is 11.4. The molecular formula is C16H21NO2. The van der Waals surface area contributed by atoms with Crippen molar-refractivity contribution >= 4 is 5.97 Å². The fourth-order valence-electron chi connectivity index (χ4n) is 3.01. The highest BCUT2D eigenvalue weighted by Gasteiger charge is 2.41. The number of carbonyl (C=O) groups is 1. The van der Waals surface area contributed by atoms with Crippen LogP contribution >= 0.6 is 0 Å². The molecule has 1 atom stereocenters. The van der Waals surface area contributed by atoms with Crippen molar-refractivity contribution in [2.45, 2.75) is 31.7 Å². The maximum absolute atomic E-state index is 11.4. The van der Waals surface area contributed by atoms with Crippen molar-refractivity contribution in [1.29, 1.82) is 0 Å². The fourth-order valence-corrected chi connectivity index (χ4v) is 3.01. The van der Waals surface area contributed by atoms with Crippen LogP contribution in [0.5, 0.6) is 0 Å². The predicted molar refractivity (Wildman–Crippen MR) is 73.8 cm³/mol. The number of carboxylic acids is 1. The molecule has 0 aromatic heterocycles. The summed E-state index contributed by atoms with van der Waals surface area (Å²) in [6, 6.07) is 8.91. The van der Waals surface area contributed by atoms with Gasteiger partial charge in [-0.05, 0) is 55.5 Å². The molecule has 1 aromatic rings. The zero-order chi connectivity index (χ0) is 13.2. The monoisotopic (exact) mass is 259 g/mol. The molecule has 0 spiro atoms. The van der Waals surface area contributed by atoms with Crippen molar-refractivity contribution in [2.24, 2.45) is 17.8 Å². The molecule has 0 saturated heterocycles. The molecule has 3 heteroatoms. The molecular weight excluding hydrogens is 238 g/mol. The van der Waals surface area contributed by atoms with Gasteiger partial charge in [0.15, 0.2) is 0 Å². The second-order valence-corrected chi connectivity index (χ2v) is 5.93. The minimum absolute atomic E-state index is 0.568. The van der Waals surface area contributed by atoms with Crippen molar-refractivity contribution in [3.8, 4) is 0 Å². The van der Waals surface area contributed by atoms with Crippen LogP contribution in [0.4, 0.5) is 0 Å². The van der Waals surface area contributed by atoms with Gasteiger partial charge in [-0.1, -0.05) is 30.3 Å². The first-order chi connectivity index (χ1) is 9.25. The number of carboxylic acid groups (broad SMARTS) is 1. The Morgan fingerprint density at radius 2 is 1.74 bits per heavy atom. The van der Waals surface area contributed by atoms with E-state index in [1.807, 2.05) is 30.3 Å². The number of aliphatic carboxylic acids is 1. The number of nitrogens with one attached hydrogen (secondary N) is 1. The van der Waals surface area contributed by atoms with Crippen LogP contribution in [0.25, 0.3) is 0 Å². The van der Waals surface area contributed by atoms with Crippen LogP contribution < -0.4 is 5.32 Å². The van der Waals surface area contributed by atoms with E-state index in [-0.39, 0.29) is 0 Å². The van der Waals surface area contributed by atoms with Crippen LogP contribution in [-0.2, 0) is 4.79 Å². The number of hydrogen-bond donors (Lipinski definition) is 2. The zero-order valence-corrected chi connectivity index (χ0v) is 11.1. The number of rotatable bonds is 7. The summed E-state index contributed by atoms with van der Waals surface area (Å²) >= 11 is 0. The Morgan fingerprint density at radius 3 is 2.21 bits per heavy atom. The van der Waals surface area contributed by atoms with Crippen molar-refractivity contribution in [3.05, 3.63) is 35.9 Å². The molecule has 2 aliphatic rings.